The van der Waals surface area contributed by atoms with E-state index in [1.807, 2.05) is 0 Å². The smallest absolute Gasteiger partial charge is 0.332 e. The lowest BCUT2D eigenvalue weighted by molar-refractivity contribution is -0.145. The van der Waals surface area contributed by atoms with Crippen molar-refractivity contribution in [2.75, 3.05) is 0 Å². The summed E-state index contributed by atoms with van der Waals surface area (Å²) in [5.41, 5.74) is 4.73. The van der Waals surface area contributed by atoms with Crippen LogP contribution in [0.25, 0.3) is 0 Å². The minimum atomic E-state index is -1.23. The number of aliphatic hydroxyl groups is 1. The number of aliphatic hydroxyl groups excluding tert-OH is 1. The molecule has 3 nitrogen and oxygen atoms in total. The molecule has 0 aliphatic rings. The van der Waals surface area contributed by atoms with Crippen LogP contribution in [-0.4, -0.2) is 22.3 Å². The summed E-state index contributed by atoms with van der Waals surface area (Å²) in [6.45, 7) is 17.0. The first-order valence-electron chi connectivity index (χ1n) is 7.28. The first-order valence-corrected chi connectivity index (χ1v) is 7.28. The second-order valence-electron chi connectivity index (χ2n) is 7.60. The van der Waals surface area contributed by atoms with Gasteiger partial charge in [0.25, 0.3) is 0 Å². The van der Waals surface area contributed by atoms with Gasteiger partial charge in [0.15, 0.2) is 0 Å². The van der Waals surface area contributed by atoms with Crippen LogP contribution in [0.3, 0.4) is 0 Å². The van der Waals surface area contributed by atoms with E-state index < -0.39 is 12.1 Å². The quantitative estimate of drug-likeness (QED) is 0.821. The van der Waals surface area contributed by atoms with Gasteiger partial charge in [0.1, 0.15) is 6.10 Å². The van der Waals surface area contributed by atoms with Crippen molar-refractivity contribution in [3.63, 3.8) is 0 Å². The van der Waals surface area contributed by atoms with Crippen LogP contribution in [0.5, 0.6) is 0 Å². The van der Waals surface area contributed by atoms with Crippen LogP contribution in [0.4, 0.5) is 0 Å². The SMILES string of the molecule is CC(O)C(=O)O.Cc1cc(C(C)(C)C)cc(C(C)(C)C)c1. The van der Waals surface area contributed by atoms with Crippen molar-refractivity contribution >= 4 is 5.97 Å². The number of hydrogen-bond donors (Lipinski definition) is 2. The summed E-state index contributed by atoms with van der Waals surface area (Å²) in [6, 6.07) is 6.96. The summed E-state index contributed by atoms with van der Waals surface area (Å²) >= 11 is 0. The molecule has 0 amide bonds. The van der Waals surface area contributed by atoms with E-state index in [0.717, 1.165) is 0 Å². The molecule has 0 saturated heterocycles. The number of rotatable bonds is 1. The van der Waals surface area contributed by atoms with E-state index in [4.69, 9.17) is 10.2 Å². The fraction of sp³-hybridized carbons (Fsp3) is 0.611. The molecular weight excluding hydrogens is 264 g/mol. The van der Waals surface area contributed by atoms with Crippen LogP contribution in [0.15, 0.2) is 18.2 Å². The maximum atomic E-state index is 9.45. The van der Waals surface area contributed by atoms with E-state index in [9.17, 15) is 4.79 Å². The Balaban J connectivity index is 0.000000567. The van der Waals surface area contributed by atoms with Gasteiger partial charge in [0.05, 0.1) is 0 Å². The summed E-state index contributed by atoms with van der Waals surface area (Å²) in [5, 5.41) is 15.8. The van der Waals surface area contributed by atoms with Crippen molar-refractivity contribution in [1.82, 2.24) is 0 Å². The second kappa shape index (κ2) is 7.08. The van der Waals surface area contributed by atoms with E-state index in [1.165, 1.54) is 23.6 Å². The number of aryl methyl sites for hydroxylation is 1. The number of carbonyl (C=O) groups is 1. The fourth-order valence-corrected chi connectivity index (χ4v) is 1.65. The highest BCUT2D eigenvalue weighted by atomic mass is 16.4. The van der Waals surface area contributed by atoms with Gasteiger partial charge in [0, 0.05) is 0 Å². The Hall–Kier alpha value is -1.35. The summed E-state index contributed by atoms with van der Waals surface area (Å²) < 4.78 is 0. The van der Waals surface area contributed by atoms with E-state index in [1.54, 1.807) is 0 Å². The number of carboxylic acid groups (broad SMARTS) is 1. The highest BCUT2D eigenvalue weighted by Gasteiger charge is 2.19. The van der Waals surface area contributed by atoms with Gasteiger partial charge in [0.2, 0.25) is 0 Å². The van der Waals surface area contributed by atoms with Crippen molar-refractivity contribution in [3.8, 4) is 0 Å². The normalized spacial score (nSPS) is 13.2. The minimum absolute atomic E-state index is 0.242. The van der Waals surface area contributed by atoms with Gasteiger partial charge in [-0.1, -0.05) is 65.3 Å². The molecule has 1 aromatic rings. The first-order chi connectivity index (χ1) is 9.25. The average Bonchev–Trinajstić information content (AvgIpc) is 2.26. The zero-order chi connectivity index (χ0) is 17.0. The third kappa shape index (κ3) is 7.28. The highest BCUT2D eigenvalue weighted by molar-refractivity contribution is 5.71. The van der Waals surface area contributed by atoms with Gasteiger partial charge in [-0.15, -0.1) is 0 Å². The maximum Gasteiger partial charge on any atom is 0.332 e. The zero-order valence-electron chi connectivity index (χ0n) is 14.6. The molecule has 0 saturated carbocycles. The number of aliphatic carboxylic acids is 1. The van der Waals surface area contributed by atoms with Crippen LogP contribution < -0.4 is 0 Å². The van der Waals surface area contributed by atoms with Crippen LogP contribution in [0.1, 0.15) is 65.2 Å². The zero-order valence-corrected chi connectivity index (χ0v) is 14.6. The maximum absolute atomic E-state index is 9.45. The molecule has 0 aromatic heterocycles. The molecule has 0 spiro atoms. The molecular formula is C18H30O3. The molecule has 3 heteroatoms. The number of benzene rings is 1. The molecule has 120 valence electrons. The van der Waals surface area contributed by atoms with Crippen LogP contribution in [-0.2, 0) is 15.6 Å². The van der Waals surface area contributed by atoms with Crippen LogP contribution in [0, 0.1) is 6.92 Å². The standard InChI is InChI=1S/C15H24.C3H6O3/c1-11-8-12(14(2,3)4)10-13(9-11)15(5,6)7;1-2(4)3(5)6/h8-10H,1-7H3;2,4H,1H3,(H,5,6). The summed E-state index contributed by atoms with van der Waals surface area (Å²) in [6.07, 6.45) is -1.23. The molecule has 0 bridgehead atoms. The molecule has 0 aliphatic carbocycles. The molecule has 0 heterocycles. The fourth-order valence-electron chi connectivity index (χ4n) is 1.65. The molecule has 1 atom stereocenters. The molecule has 21 heavy (non-hydrogen) atoms. The number of hydrogen-bond acceptors (Lipinski definition) is 2. The van der Waals surface area contributed by atoms with Gasteiger partial charge >= 0.3 is 5.97 Å². The van der Waals surface area contributed by atoms with Crippen molar-refractivity contribution in [1.29, 1.82) is 0 Å². The predicted molar refractivity (Wildman–Crippen MR) is 87.9 cm³/mol. The molecule has 1 aromatic carbocycles. The van der Waals surface area contributed by atoms with Gasteiger partial charge in [-0.2, -0.15) is 0 Å². The Morgan fingerprint density at radius 2 is 1.24 bits per heavy atom. The molecule has 1 rings (SSSR count). The van der Waals surface area contributed by atoms with Crippen LogP contribution in [0.2, 0.25) is 0 Å². The molecule has 0 radical (unpaired) electrons. The Labute approximate surface area is 129 Å². The molecule has 0 fully saturated rings. The van der Waals surface area contributed by atoms with Gasteiger partial charge < -0.3 is 10.2 Å². The Morgan fingerprint density at radius 3 is 1.43 bits per heavy atom. The third-order valence-corrected chi connectivity index (χ3v) is 3.17. The van der Waals surface area contributed by atoms with Crippen molar-refractivity contribution in [2.24, 2.45) is 0 Å². The predicted octanol–water partition coefficient (Wildman–Crippen LogP) is 4.04. The van der Waals surface area contributed by atoms with Gasteiger partial charge in [-0.3, -0.25) is 0 Å². The Bertz CT molecular complexity index is 442. The first kappa shape index (κ1) is 19.7. The lowest BCUT2D eigenvalue weighted by Crippen LogP contribution is -2.16. The largest absolute Gasteiger partial charge is 0.479 e. The lowest BCUT2D eigenvalue weighted by atomic mass is 9.80. The number of carboxylic acids is 1. The lowest BCUT2D eigenvalue weighted by Gasteiger charge is -2.25. The van der Waals surface area contributed by atoms with E-state index in [-0.39, 0.29) is 10.8 Å². The van der Waals surface area contributed by atoms with Crippen molar-refractivity contribution < 1.29 is 15.0 Å². The minimum Gasteiger partial charge on any atom is -0.479 e. The summed E-state index contributed by atoms with van der Waals surface area (Å²) in [4.78, 5) is 9.45. The summed E-state index contributed by atoms with van der Waals surface area (Å²) in [5.74, 6) is -1.19. The van der Waals surface area contributed by atoms with Gasteiger partial charge in [-0.25, -0.2) is 4.79 Å². The highest BCUT2D eigenvalue weighted by Crippen LogP contribution is 2.29. The molecule has 0 aliphatic heterocycles. The summed E-state index contributed by atoms with van der Waals surface area (Å²) in [7, 11) is 0. The average molecular weight is 294 g/mol. The Kier molecular flexibility index (Phi) is 6.62. The molecule has 2 N–H and O–H groups in total. The van der Waals surface area contributed by atoms with Crippen molar-refractivity contribution in [2.45, 2.75) is 72.3 Å². The Morgan fingerprint density at radius 1 is 0.952 bits per heavy atom. The van der Waals surface area contributed by atoms with E-state index in [2.05, 4.69) is 66.7 Å². The monoisotopic (exact) mass is 294 g/mol. The van der Waals surface area contributed by atoms with E-state index >= 15 is 0 Å². The van der Waals surface area contributed by atoms with Gasteiger partial charge in [-0.05, 0) is 35.8 Å². The van der Waals surface area contributed by atoms with E-state index in [0.29, 0.717) is 0 Å². The molecule has 1 unspecified atom stereocenters. The van der Waals surface area contributed by atoms with Crippen LogP contribution >= 0.6 is 0 Å². The third-order valence-electron chi connectivity index (χ3n) is 3.17. The second-order valence-corrected chi connectivity index (χ2v) is 7.60. The topological polar surface area (TPSA) is 57.5 Å². The van der Waals surface area contributed by atoms with Crippen molar-refractivity contribution in [3.05, 3.63) is 34.9 Å².